The van der Waals surface area contributed by atoms with Gasteiger partial charge in [-0.25, -0.2) is 0 Å². The monoisotopic (exact) mass is 343 g/mol. The van der Waals surface area contributed by atoms with Gasteiger partial charge in [-0.3, -0.25) is 15.0 Å². The molecule has 0 amide bonds. The number of nitro benzene ring substituents is 1. The fourth-order valence-corrected chi connectivity index (χ4v) is 3.10. The first-order chi connectivity index (χ1) is 9.54. The third-order valence-electron chi connectivity index (χ3n) is 3.63. The van der Waals surface area contributed by atoms with Crippen LogP contribution in [0.3, 0.4) is 0 Å². The Balaban J connectivity index is 2.39. The molecule has 0 spiro atoms. The van der Waals surface area contributed by atoms with Gasteiger partial charge in [0.25, 0.3) is 5.69 Å². The maximum atomic E-state index is 11.0. The van der Waals surface area contributed by atoms with Crippen LogP contribution in [-0.2, 0) is 0 Å². The third-order valence-corrected chi connectivity index (χ3v) is 4.23. The number of phenols is 1. The Labute approximate surface area is 126 Å². The SMILES string of the molecule is CC[C@H](c1cc([N+](=O)[O-])cc(Br)c1O)N1CCNCC1. The number of piperazine rings is 1. The molecule has 0 aromatic heterocycles. The molecule has 1 aromatic carbocycles. The van der Waals surface area contributed by atoms with Gasteiger partial charge in [-0.15, -0.1) is 0 Å². The fourth-order valence-electron chi connectivity index (χ4n) is 2.63. The van der Waals surface area contributed by atoms with Crippen molar-refractivity contribution in [2.75, 3.05) is 26.2 Å². The molecule has 110 valence electrons. The first kappa shape index (κ1) is 15.2. The van der Waals surface area contributed by atoms with Crippen LogP contribution in [0.4, 0.5) is 5.69 Å². The van der Waals surface area contributed by atoms with Crippen molar-refractivity contribution in [2.24, 2.45) is 0 Å². The molecule has 20 heavy (non-hydrogen) atoms. The van der Waals surface area contributed by atoms with Crippen molar-refractivity contribution in [1.82, 2.24) is 10.2 Å². The highest BCUT2D eigenvalue weighted by Gasteiger charge is 2.26. The highest BCUT2D eigenvalue weighted by Crippen LogP contribution is 2.39. The highest BCUT2D eigenvalue weighted by atomic mass is 79.9. The molecule has 6 nitrogen and oxygen atoms in total. The molecule has 2 rings (SSSR count). The topological polar surface area (TPSA) is 78.6 Å². The van der Waals surface area contributed by atoms with Gasteiger partial charge in [0.2, 0.25) is 0 Å². The van der Waals surface area contributed by atoms with Gasteiger partial charge in [0, 0.05) is 49.9 Å². The van der Waals surface area contributed by atoms with Gasteiger partial charge in [0.1, 0.15) is 5.75 Å². The van der Waals surface area contributed by atoms with Gasteiger partial charge in [0.15, 0.2) is 0 Å². The molecule has 7 heteroatoms. The summed E-state index contributed by atoms with van der Waals surface area (Å²) in [4.78, 5) is 12.8. The van der Waals surface area contributed by atoms with E-state index in [1.807, 2.05) is 6.92 Å². The first-order valence-corrected chi connectivity index (χ1v) is 7.45. The molecule has 2 N–H and O–H groups in total. The molecular weight excluding hydrogens is 326 g/mol. The molecule has 0 radical (unpaired) electrons. The lowest BCUT2D eigenvalue weighted by molar-refractivity contribution is -0.385. The maximum Gasteiger partial charge on any atom is 0.271 e. The van der Waals surface area contributed by atoms with Crippen LogP contribution in [0.1, 0.15) is 24.9 Å². The van der Waals surface area contributed by atoms with Crippen molar-refractivity contribution in [3.05, 3.63) is 32.3 Å². The van der Waals surface area contributed by atoms with Gasteiger partial charge in [-0.05, 0) is 22.4 Å². The summed E-state index contributed by atoms with van der Waals surface area (Å²) in [5, 5.41) is 24.5. The van der Waals surface area contributed by atoms with Crippen molar-refractivity contribution >= 4 is 21.6 Å². The van der Waals surface area contributed by atoms with Gasteiger partial charge >= 0.3 is 0 Å². The van der Waals surface area contributed by atoms with Crippen molar-refractivity contribution in [3.63, 3.8) is 0 Å². The average Bonchev–Trinajstić information content (AvgIpc) is 2.45. The van der Waals surface area contributed by atoms with Crippen LogP contribution in [-0.4, -0.2) is 41.1 Å². The molecule has 1 aromatic rings. The van der Waals surface area contributed by atoms with E-state index in [0.29, 0.717) is 10.0 Å². The number of phenolic OH excluding ortho intramolecular Hbond substituents is 1. The van der Waals surface area contributed by atoms with Crippen LogP contribution in [0.5, 0.6) is 5.75 Å². The number of benzene rings is 1. The minimum absolute atomic E-state index is 0.00161. The lowest BCUT2D eigenvalue weighted by Gasteiger charge is -2.35. The molecule has 1 aliphatic rings. The molecule has 1 heterocycles. The number of rotatable bonds is 4. The summed E-state index contributed by atoms with van der Waals surface area (Å²) in [7, 11) is 0. The van der Waals surface area contributed by atoms with Gasteiger partial charge in [-0.2, -0.15) is 0 Å². The van der Waals surface area contributed by atoms with E-state index in [-0.39, 0.29) is 17.5 Å². The highest BCUT2D eigenvalue weighted by molar-refractivity contribution is 9.10. The quantitative estimate of drug-likeness (QED) is 0.648. The summed E-state index contributed by atoms with van der Waals surface area (Å²) in [6, 6.07) is 2.81. The smallest absolute Gasteiger partial charge is 0.271 e. The summed E-state index contributed by atoms with van der Waals surface area (Å²) < 4.78 is 0.371. The van der Waals surface area contributed by atoms with Gasteiger partial charge in [-0.1, -0.05) is 6.92 Å². The van der Waals surface area contributed by atoms with E-state index < -0.39 is 4.92 Å². The Morgan fingerprint density at radius 1 is 1.50 bits per heavy atom. The van der Waals surface area contributed by atoms with Crippen LogP contribution in [0.2, 0.25) is 0 Å². The summed E-state index contributed by atoms with van der Waals surface area (Å²) in [6.07, 6.45) is 0.793. The predicted octanol–water partition coefficient (Wildman–Crippen LogP) is 2.42. The van der Waals surface area contributed by atoms with Crippen LogP contribution in [0.25, 0.3) is 0 Å². The van der Waals surface area contributed by atoms with Crippen LogP contribution in [0.15, 0.2) is 16.6 Å². The Kier molecular flexibility index (Phi) is 4.95. The molecule has 0 saturated carbocycles. The minimum atomic E-state index is -0.432. The van der Waals surface area contributed by atoms with E-state index in [1.54, 1.807) is 0 Å². The van der Waals surface area contributed by atoms with Crippen LogP contribution >= 0.6 is 15.9 Å². The Hall–Kier alpha value is -1.18. The number of nitro groups is 1. The molecular formula is C13H18BrN3O3. The van der Waals surface area contributed by atoms with Crippen LogP contribution in [0, 0.1) is 10.1 Å². The molecule has 1 atom stereocenters. The summed E-state index contributed by atoms with van der Waals surface area (Å²) in [5.74, 6) is 0.0981. The normalized spacial score (nSPS) is 17.9. The Morgan fingerprint density at radius 3 is 2.70 bits per heavy atom. The second-order valence-corrected chi connectivity index (χ2v) is 5.69. The zero-order chi connectivity index (χ0) is 14.7. The third kappa shape index (κ3) is 3.11. The van der Waals surface area contributed by atoms with Crippen LogP contribution < -0.4 is 5.32 Å². The maximum absolute atomic E-state index is 11.0. The zero-order valence-electron chi connectivity index (χ0n) is 11.3. The second kappa shape index (κ2) is 6.51. The number of hydrogen-bond acceptors (Lipinski definition) is 5. The largest absolute Gasteiger partial charge is 0.506 e. The van der Waals surface area contributed by atoms with Crippen molar-refractivity contribution < 1.29 is 10.0 Å². The number of hydrogen-bond donors (Lipinski definition) is 2. The second-order valence-electron chi connectivity index (χ2n) is 4.83. The minimum Gasteiger partial charge on any atom is -0.506 e. The summed E-state index contributed by atoms with van der Waals surface area (Å²) in [5.41, 5.74) is 0.619. The van der Waals surface area contributed by atoms with Gasteiger partial charge in [0.05, 0.1) is 9.40 Å². The summed E-state index contributed by atoms with van der Waals surface area (Å²) >= 11 is 3.20. The number of halogens is 1. The average molecular weight is 344 g/mol. The standard InChI is InChI=1S/C13H18BrN3O3/c1-2-12(16-5-3-15-4-6-16)10-7-9(17(19)20)8-11(14)13(10)18/h7-8,12,15,18H,2-6H2,1H3/t12-/m1/s1. The fraction of sp³-hybridized carbons (Fsp3) is 0.538. The van der Waals surface area contributed by atoms with Gasteiger partial charge < -0.3 is 10.4 Å². The molecule has 1 fully saturated rings. The number of nitrogens with one attached hydrogen (secondary N) is 1. The molecule has 0 bridgehead atoms. The van der Waals surface area contributed by atoms with E-state index in [4.69, 9.17) is 0 Å². The zero-order valence-corrected chi connectivity index (χ0v) is 12.9. The van der Waals surface area contributed by atoms with Crippen molar-refractivity contribution in [2.45, 2.75) is 19.4 Å². The molecule has 1 aliphatic heterocycles. The number of aromatic hydroxyl groups is 1. The van der Waals surface area contributed by atoms with Crippen molar-refractivity contribution in [3.8, 4) is 5.75 Å². The van der Waals surface area contributed by atoms with E-state index in [1.165, 1.54) is 12.1 Å². The predicted molar refractivity (Wildman–Crippen MR) is 79.9 cm³/mol. The van der Waals surface area contributed by atoms with Crippen molar-refractivity contribution in [1.29, 1.82) is 0 Å². The Bertz CT molecular complexity index is 504. The lowest BCUT2D eigenvalue weighted by Crippen LogP contribution is -2.45. The molecule has 0 aliphatic carbocycles. The van der Waals surface area contributed by atoms with E-state index in [0.717, 1.165) is 32.6 Å². The Morgan fingerprint density at radius 2 is 2.15 bits per heavy atom. The summed E-state index contributed by atoms with van der Waals surface area (Å²) in [6.45, 7) is 5.57. The number of non-ortho nitro benzene ring substituents is 1. The molecule has 0 unspecified atom stereocenters. The van der Waals surface area contributed by atoms with E-state index in [9.17, 15) is 15.2 Å². The van der Waals surface area contributed by atoms with E-state index >= 15 is 0 Å². The molecule has 1 saturated heterocycles. The first-order valence-electron chi connectivity index (χ1n) is 6.66. The number of nitrogens with zero attached hydrogens (tertiary/aromatic N) is 2. The lowest BCUT2D eigenvalue weighted by atomic mass is 10.00. The van der Waals surface area contributed by atoms with E-state index in [2.05, 4.69) is 26.1 Å².